The first-order valence-electron chi connectivity index (χ1n) is 11.3. The molecule has 0 bridgehead atoms. The fourth-order valence-electron chi connectivity index (χ4n) is 4.48. The Morgan fingerprint density at radius 3 is 2.31 bits per heavy atom. The van der Waals surface area contributed by atoms with Gasteiger partial charge in [-0.1, -0.05) is 12.1 Å². The normalized spacial score (nSPS) is 22.3. The van der Waals surface area contributed by atoms with Gasteiger partial charge in [0, 0.05) is 65.4 Å². The molecule has 10 heteroatoms. The molecule has 1 atom stereocenters. The van der Waals surface area contributed by atoms with Gasteiger partial charge in [-0.2, -0.15) is 4.98 Å². The van der Waals surface area contributed by atoms with Crippen LogP contribution in [0.3, 0.4) is 0 Å². The van der Waals surface area contributed by atoms with Crippen molar-refractivity contribution >= 4 is 17.5 Å². The van der Waals surface area contributed by atoms with E-state index in [1.165, 1.54) is 6.07 Å². The molecule has 4 heterocycles. The quantitative estimate of drug-likeness (QED) is 0.727. The lowest BCUT2D eigenvalue weighted by Gasteiger charge is -2.37. The Bertz CT molecular complexity index is 887. The molecule has 3 saturated heterocycles. The van der Waals surface area contributed by atoms with Crippen LogP contribution in [0.4, 0.5) is 26.2 Å². The van der Waals surface area contributed by atoms with Crippen LogP contribution in [0.5, 0.6) is 0 Å². The molecule has 5 rings (SSSR count). The third kappa shape index (κ3) is 4.35. The van der Waals surface area contributed by atoms with Gasteiger partial charge in [0.25, 0.3) is 0 Å². The number of rotatable bonds is 4. The topological polar surface area (TPSA) is 68.8 Å². The molecule has 32 heavy (non-hydrogen) atoms. The van der Waals surface area contributed by atoms with Crippen molar-refractivity contribution in [1.29, 1.82) is 0 Å². The van der Waals surface area contributed by atoms with Crippen LogP contribution in [-0.2, 0) is 4.74 Å². The number of benzene rings is 1. The van der Waals surface area contributed by atoms with Crippen LogP contribution < -0.4 is 25.3 Å². The zero-order chi connectivity index (χ0) is 21.9. The Balaban J connectivity index is 1.41. The number of piperazine rings is 2. The molecular weight excluding hydrogens is 416 g/mol. The van der Waals surface area contributed by atoms with E-state index < -0.39 is 11.9 Å². The highest BCUT2D eigenvalue weighted by Gasteiger charge is 2.30. The summed E-state index contributed by atoms with van der Waals surface area (Å²) in [5, 5.41) is 6.55. The summed E-state index contributed by atoms with van der Waals surface area (Å²) in [6.07, 6.45) is -0.438. The fourth-order valence-corrected chi connectivity index (χ4v) is 4.48. The van der Waals surface area contributed by atoms with Crippen molar-refractivity contribution in [3.05, 3.63) is 41.6 Å². The van der Waals surface area contributed by atoms with Gasteiger partial charge in [-0.3, -0.25) is 0 Å². The molecule has 0 aliphatic carbocycles. The smallest absolute Gasteiger partial charge is 0.227 e. The molecule has 3 fully saturated rings. The highest BCUT2D eigenvalue weighted by atomic mass is 19.1. The Kier molecular flexibility index (Phi) is 6.33. The van der Waals surface area contributed by atoms with Crippen LogP contribution >= 0.6 is 0 Å². The van der Waals surface area contributed by atoms with Crippen molar-refractivity contribution in [1.82, 2.24) is 20.6 Å². The van der Waals surface area contributed by atoms with Crippen molar-refractivity contribution in [3.8, 4) is 0 Å². The first kappa shape index (κ1) is 21.3. The molecule has 3 aliphatic heterocycles. The monoisotopic (exact) mass is 445 g/mol. The van der Waals surface area contributed by atoms with E-state index in [9.17, 15) is 4.39 Å². The van der Waals surface area contributed by atoms with Gasteiger partial charge in [0.15, 0.2) is 11.6 Å². The summed E-state index contributed by atoms with van der Waals surface area (Å²) < 4.78 is 35.6. The molecule has 0 spiro atoms. The van der Waals surface area contributed by atoms with Gasteiger partial charge in [-0.05, 0) is 12.1 Å². The van der Waals surface area contributed by atoms with Crippen LogP contribution in [0.2, 0.25) is 0 Å². The van der Waals surface area contributed by atoms with Crippen LogP contribution in [0.1, 0.15) is 11.8 Å². The zero-order valence-corrected chi connectivity index (χ0v) is 18.1. The summed E-state index contributed by atoms with van der Waals surface area (Å²) >= 11 is 0. The number of nitrogens with zero attached hydrogens (tertiary/aromatic N) is 5. The number of hydrogen-bond acceptors (Lipinski definition) is 8. The van der Waals surface area contributed by atoms with Crippen molar-refractivity contribution in [2.75, 3.05) is 86.8 Å². The number of aromatic nitrogens is 2. The average molecular weight is 446 g/mol. The average Bonchev–Trinajstić information content (AvgIpc) is 2.86. The number of morpholine rings is 1. The lowest BCUT2D eigenvalue weighted by Crippen LogP contribution is -2.48. The lowest BCUT2D eigenvalue weighted by molar-refractivity contribution is 0.0226. The zero-order valence-electron chi connectivity index (χ0n) is 18.1. The molecule has 0 amide bonds. The van der Waals surface area contributed by atoms with E-state index in [-0.39, 0.29) is 5.82 Å². The minimum absolute atomic E-state index is 0.218. The summed E-state index contributed by atoms with van der Waals surface area (Å²) in [4.78, 5) is 15.4. The molecule has 0 saturated carbocycles. The molecule has 1 aromatic carbocycles. The fraction of sp³-hybridized carbons (Fsp3) is 0.545. The summed E-state index contributed by atoms with van der Waals surface area (Å²) in [6.45, 7) is 7.29. The Hall–Kier alpha value is -2.56. The molecule has 0 radical (unpaired) electrons. The largest absolute Gasteiger partial charge is 0.369 e. The van der Waals surface area contributed by atoms with Gasteiger partial charge in [0.2, 0.25) is 5.95 Å². The molecule has 3 aliphatic rings. The van der Waals surface area contributed by atoms with Crippen LogP contribution in [0.15, 0.2) is 24.3 Å². The number of para-hydroxylation sites is 1. The Morgan fingerprint density at radius 1 is 0.844 bits per heavy atom. The maximum atomic E-state index is 15.6. The summed E-state index contributed by atoms with van der Waals surface area (Å²) in [5.74, 6) is 0.244. The van der Waals surface area contributed by atoms with Gasteiger partial charge >= 0.3 is 0 Å². The highest BCUT2D eigenvalue weighted by Crippen LogP contribution is 2.30. The van der Waals surface area contributed by atoms with E-state index >= 15 is 4.39 Å². The summed E-state index contributed by atoms with van der Waals surface area (Å²) in [7, 11) is 0. The molecule has 2 aromatic rings. The lowest BCUT2D eigenvalue weighted by atomic mass is 10.2. The second kappa shape index (κ2) is 9.51. The second-order valence-corrected chi connectivity index (χ2v) is 8.27. The van der Waals surface area contributed by atoms with Crippen molar-refractivity contribution in [2.24, 2.45) is 0 Å². The maximum Gasteiger partial charge on any atom is 0.227 e. The van der Waals surface area contributed by atoms with E-state index in [0.717, 1.165) is 19.6 Å². The predicted molar refractivity (Wildman–Crippen MR) is 119 cm³/mol. The van der Waals surface area contributed by atoms with E-state index in [1.807, 2.05) is 15.9 Å². The Labute approximate surface area is 186 Å². The van der Waals surface area contributed by atoms with Crippen LogP contribution in [0.25, 0.3) is 0 Å². The van der Waals surface area contributed by atoms with Gasteiger partial charge in [-0.15, -0.1) is 0 Å². The van der Waals surface area contributed by atoms with E-state index in [4.69, 9.17) is 4.74 Å². The van der Waals surface area contributed by atoms with Crippen LogP contribution in [0, 0.1) is 11.6 Å². The molecule has 172 valence electrons. The Morgan fingerprint density at radius 2 is 1.59 bits per heavy atom. The van der Waals surface area contributed by atoms with Gasteiger partial charge < -0.3 is 30.1 Å². The molecule has 1 unspecified atom stereocenters. The minimum Gasteiger partial charge on any atom is -0.369 e. The van der Waals surface area contributed by atoms with Crippen molar-refractivity contribution in [3.63, 3.8) is 0 Å². The maximum absolute atomic E-state index is 15.6. The first-order valence-corrected chi connectivity index (χ1v) is 11.3. The molecule has 2 N–H and O–H groups in total. The molecule has 8 nitrogen and oxygen atoms in total. The van der Waals surface area contributed by atoms with Crippen LogP contribution in [-0.4, -0.2) is 82.0 Å². The summed E-state index contributed by atoms with van der Waals surface area (Å²) in [5.41, 5.74) is 0.920. The summed E-state index contributed by atoms with van der Waals surface area (Å²) in [6, 6.07) is 6.82. The number of anilines is 3. The second-order valence-electron chi connectivity index (χ2n) is 8.27. The highest BCUT2D eigenvalue weighted by molar-refractivity contribution is 5.52. The van der Waals surface area contributed by atoms with E-state index in [2.05, 4.69) is 25.5 Å². The third-order valence-electron chi connectivity index (χ3n) is 6.25. The predicted octanol–water partition coefficient (Wildman–Crippen LogP) is 1.15. The van der Waals surface area contributed by atoms with E-state index in [1.54, 1.807) is 12.1 Å². The first-order chi connectivity index (χ1) is 15.7. The van der Waals surface area contributed by atoms with Gasteiger partial charge in [0.05, 0.1) is 12.3 Å². The van der Waals surface area contributed by atoms with Gasteiger partial charge in [-0.25, -0.2) is 13.8 Å². The van der Waals surface area contributed by atoms with Crippen molar-refractivity contribution in [2.45, 2.75) is 6.10 Å². The number of halogens is 2. The number of nitrogens with one attached hydrogen (secondary N) is 2. The standard InChI is InChI=1S/C22H29F2N7O/c23-16-3-1-2-4-17(16)29-10-12-31(13-11-29)22-27-20(18-15-26-7-14-32-18)19(24)21(28-22)30-8-5-25-6-9-30/h1-4,18,25-26H,5-15H2. The molecular formula is C22H29F2N7O. The number of ether oxygens (including phenoxy) is 1. The van der Waals surface area contributed by atoms with Crippen molar-refractivity contribution < 1.29 is 13.5 Å². The van der Waals surface area contributed by atoms with Gasteiger partial charge in [0.1, 0.15) is 17.6 Å². The molecule has 1 aromatic heterocycles. The minimum atomic E-state index is -0.438. The third-order valence-corrected chi connectivity index (χ3v) is 6.25. The SMILES string of the molecule is Fc1ccccc1N1CCN(c2nc(C3CNCCO3)c(F)c(N3CCNCC3)n2)CC1. The van der Waals surface area contributed by atoms with E-state index in [0.29, 0.717) is 75.6 Å². The number of hydrogen-bond donors (Lipinski definition) is 2.